The van der Waals surface area contributed by atoms with Gasteiger partial charge in [0.15, 0.2) is 13.2 Å². The van der Waals surface area contributed by atoms with E-state index in [2.05, 4.69) is 9.82 Å². The highest BCUT2D eigenvalue weighted by Crippen LogP contribution is 2.29. The normalized spacial score (nSPS) is 10.2. The third-order valence-electron chi connectivity index (χ3n) is 2.56. The van der Waals surface area contributed by atoms with Gasteiger partial charge >= 0.3 is 5.97 Å². The molecule has 1 heterocycles. The Balaban J connectivity index is 1.83. The molecule has 0 aliphatic heterocycles. The molecule has 0 aliphatic carbocycles. The second kappa shape index (κ2) is 9.07. The summed E-state index contributed by atoms with van der Waals surface area (Å²) in [5.41, 5.74) is 1.94. The van der Waals surface area contributed by atoms with Gasteiger partial charge in [0.25, 0.3) is 5.91 Å². The Morgan fingerprint density at radius 3 is 2.44 bits per heavy atom. The molecule has 0 atom stereocenters. The van der Waals surface area contributed by atoms with Crippen LogP contribution < -0.4 is 15.0 Å². The third kappa shape index (κ3) is 6.46. The zero-order chi connectivity index (χ0) is 18.2. The van der Waals surface area contributed by atoms with Crippen LogP contribution >= 0.6 is 23.2 Å². The largest absolute Gasteiger partial charge is 0.484 e. The Labute approximate surface area is 152 Å². The Kier molecular flexibility index (Phi) is 6.81. The Hall–Kier alpha value is -2.55. The lowest BCUT2D eigenvalue weighted by Crippen LogP contribution is -2.30. The molecular weight excluding hydrogens is 375 g/mol. The molecule has 2 rings (SSSR count). The number of benzene rings is 1. The number of ether oxygens (including phenoxy) is 2. The van der Waals surface area contributed by atoms with Crippen molar-refractivity contribution in [2.24, 2.45) is 0 Å². The molecular formula is C15H12Cl2N2O6. The molecule has 0 aliphatic rings. The number of aliphatic carboxylic acids is 1. The zero-order valence-corrected chi connectivity index (χ0v) is 14.1. The standard InChI is InChI=1S/C15H12Cl2N2O6/c16-9-5-12(17)15(18-6-9)25-11-3-1-10(2-4-11)23-7-13(20)19-24-8-14(21)22/h1-6H,7-8H2,(H,19,20)(H,21,22). The van der Waals surface area contributed by atoms with Crippen LogP contribution in [0.5, 0.6) is 17.4 Å². The topological polar surface area (TPSA) is 107 Å². The summed E-state index contributed by atoms with van der Waals surface area (Å²) in [4.78, 5) is 30.0. The molecule has 1 amide bonds. The Morgan fingerprint density at radius 1 is 1.12 bits per heavy atom. The van der Waals surface area contributed by atoms with E-state index < -0.39 is 18.5 Å². The fourth-order valence-electron chi connectivity index (χ4n) is 1.55. The highest BCUT2D eigenvalue weighted by molar-refractivity contribution is 6.35. The first kappa shape index (κ1) is 18.8. The molecule has 0 radical (unpaired) electrons. The second-order valence-corrected chi connectivity index (χ2v) is 5.35. The lowest BCUT2D eigenvalue weighted by atomic mass is 10.3. The minimum atomic E-state index is -1.20. The summed E-state index contributed by atoms with van der Waals surface area (Å²) in [6, 6.07) is 7.85. The molecule has 8 nitrogen and oxygen atoms in total. The molecule has 10 heteroatoms. The lowest BCUT2D eigenvalue weighted by Gasteiger charge is -2.09. The van der Waals surface area contributed by atoms with Crippen molar-refractivity contribution in [3.8, 4) is 17.4 Å². The number of rotatable bonds is 8. The lowest BCUT2D eigenvalue weighted by molar-refractivity contribution is -0.149. The van der Waals surface area contributed by atoms with Crippen LogP contribution in [0.15, 0.2) is 36.5 Å². The fourth-order valence-corrected chi connectivity index (χ4v) is 1.97. The number of hydrogen-bond acceptors (Lipinski definition) is 6. The van der Waals surface area contributed by atoms with Crippen molar-refractivity contribution in [3.05, 3.63) is 46.6 Å². The number of amides is 1. The summed E-state index contributed by atoms with van der Waals surface area (Å²) in [6.45, 7) is -0.983. The summed E-state index contributed by atoms with van der Waals surface area (Å²) in [6.07, 6.45) is 1.41. The van der Waals surface area contributed by atoms with Gasteiger partial charge in [-0.1, -0.05) is 23.2 Å². The summed E-state index contributed by atoms with van der Waals surface area (Å²) in [7, 11) is 0. The molecule has 0 unspecified atom stereocenters. The van der Waals surface area contributed by atoms with E-state index in [4.69, 9.17) is 37.8 Å². The van der Waals surface area contributed by atoms with Crippen molar-refractivity contribution in [1.29, 1.82) is 0 Å². The van der Waals surface area contributed by atoms with Gasteiger partial charge in [0, 0.05) is 6.20 Å². The molecule has 0 spiro atoms. The van der Waals surface area contributed by atoms with Crippen LogP contribution in [0.1, 0.15) is 0 Å². The quantitative estimate of drug-likeness (QED) is 0.671. The van der Waals surface area contributed by atoms with E-state index in [1.165, 1.54) is 12.3 Å². The van der Waals surface area contributed by atoms with Crippen LogP contribution in [-0.2, 0) is 14.4 Å². The number of carboxylic acids is 1. The van der Waals surface area contributed by atoms with Crippen molar-refractivity contribution < 1.29 is 29.0 Å². The third-order valence-corrected chi connectivity index (χ3v) is 3.04. The van der Waals surface area contributed by atoms with Gasteiger partial charge in [-0.25, -0.2) is 15.3 Å². The molecule has 0 fully saturated rings. The smallest absolute Gasteiger partial charge is 0.332 e. The summed E-state index contributed by atoms with van der Waals surface area (Å²) in [5.74, 6) is -0.769. The molecule has 0 bridgehead atoms. The number of nitrogens with one attached hydrogen (secondary N) is 1. The predicted octanol–water partition coefficient (Wildman–Crippen LogP) is 2.69. The number of aromatic nitrogens is 1. The van der Waals surface area contributed by atoms with E-state index in [-0.39, 0.29) is 17.5 Å². The van der Waals surface area contributed by atoms with Gasteiger partial charge < -0.3 is 14.6 Å². The Morgan fingerprint density at radius 2 is 1.80 bits per heavy atom. The van der Waals surface area contributed by atoms with Crippen LogP contribution in [-0.4, -0.2) is 35.2 Å². The molecule has 1 aromatic carbocycles. The van der Waals surface area contributed by atoms with E-state index in [0.717, 1.165) is 0 Å². The predicted molar refractivity (Wildman–Crippen MR) is 88.0 cm³/mol. The molecule has 0 saturated heterocycles. The van der Waals surface area contributed by atoms with Gasteiger partial charge in [0.05, 0.1) is 5.02 Å². The average Bonchev–Trinajstić information content (AvgIpc) is 2.56. The van der Waals surface area contributed by atoms with Gasteiger partial charge in [-0.15, -0.1) is 0 Å². The summed E-state index contributed by atoms with van der Waals surface area (Å²) in [5, 5.41) is 9.02. The van der Waals surface area contributed by atoms with Gasteiger partial charge in [0.2, 0.25) is 5.88 Å². The molecule has 2 aromatic rings. The van der Waals surface area contributed by atoms with E-state index >= 15 is 0 Å². The SMILES string of the molecule is O=C(O)CONC(=O)COc1ccc(Oc2ncc(Cl)cc2Cl)cc1. The fraction of sp³-hybridized carbons (Fsp3) is 0.133. The van der Waals surface area contributed by atoms with Gasteiger partial charge in [0.1, 0.15) is 16.5 Å². The highest BCUT2D eigenvalue weighted by Gasteiger charge is 2.07. The van der Waals surface area contributed by atoms with Crippen LogP contribution in [0.4, 0.5) is 0 Å². The molecule has 25 heavy (non-hydrogen) atoms. The van der Waals surface area contributed by atoms with Crippen molar-refractivity contribution in [2.75, 3.05) is 13.2 Å². The zero-order valence-electron chi connectivity index (χ0n) is 12.6. The molecule has 132 valence electrons. The van der Waals surface area contributed by atoms with E-state index in [9.17, 15) is 9.59 Å². The van der Waals surface area contributed by atoms with E-state index in [0.29, 0.717) is 16.5 Å². The highest BCUT2D eigenvalue weighted by atomic mass is 35.5. The van der Waals surface area contributed by atoms with Gasteiger partial charge in [-0.05, 0) is 30.3 Å². The number of hydrogen-bond donors (Lipinski definition) is 2. The van der Waals surface area contributed by atoms with Crippen LogP contribution in [0.2, 0.25) is 10.0 Å². The first-order valence-electron chi connectivity index (χ1n) is 6.78. The minimum Gasteiger partial charge on any atom is -0.484 e. The minimum absolute atomic E-state index is 0.203. The summed E-state index contributed by atoms with van der Waals surface area (Å²) < 4.78 is 10.7. The Bertz CT molecular complexity index is 754. The maximum atomic E-state index is 11.4. The van der Waals surface area contributed by atoms with E-state index in [1.807, 2.05) is 5.48 Å². The van der Waals surface area contributed by atoms with Crippen molar-refractivity contribution >= 4 is 35.1 Å². The molecule has 2 N–H and O–H groups in total. The maximum absolute atomic E-state index is 11.4. The summed E-state index contributed by atoms with van der Waals surface area (Å²) >= 11 is 11.7. The first-order chi connectivity index (χ1) is 11.9. The van der Waals surface area contributed by atoms with Crippen LogP contribution in [0, 0.1) is 0 Å². The van der Waals surface area contributed by atoms with Crippen molar-refractivity contribution in [2.45, 2.75) is 0 Å². The number of halogens is 2. The second-order valence-electron chi connectivity index (χ2n) is 4.51. The van der Waals surface area contributed by atoms with Gasteiger partial charge in [-0.3, -0.25) is 9.63 Å². The van der Waals surface area contributed by atoms with Gasteiger partial charge in [-0.2, -0.15) is 0 Å². The average molecular weight is 387 g/mol. The van der Waals surface area contributed by atoms with Crippen LogP contribution in [0.25, 0.3) is 0 Å². The van der Waals surface area contributed by atoms with Crippen LogP contribution in [0.3, 0.4) is 0 Å². The number of nitrogens with zero attached hydrogens (tertiary/aromatic N) is 1. The monoisotopic (exact) mass is 386 g/mol. The first-order valence-corrected chi connectivity index (χ1v) is 7.54. The number of pyridine rings is 1. The van der Waals surface area contributed by atoms with Crippen molar-refractivity contribution in [1.82, 2.24) is 10.5 Å². The molecule has 0 saturated carbocycles. The van der Waals surface area contributed by atoms with Crippen molar-refractivity contribution in [3.63, 3.8) is 0 Å². The van der Waals surface area contributed by atoms with E-state index in [1.54, 1.807) is 24.3 Å². The maximum Gasteiger partial charge on any atom is 0.332 e. The number of hydroxylamine groups is 1. The number of carboxylic acid groups (broad SMARTS) is 1. The number of carbonyl (C=O) groups is 2. The number of carbonyl (C=O) groups excluding carboxylic acids is 1. The molecule has 1 aromatic heterocycles.